The molecule has 1 saturated carbocycles. The van der Waals surface area contributed by atoms with E-state index in [4.69, 9.17) is 16.1 Å². The van der Waals surface area contributed by atoms with E-state index in [1.165, 1.54) is 40.7 Å². The third-order valence-corrected chi connectivity index (χ3v) is 18.0. The van der Waals surface area contributed by atoms with E-state index in [2.05, 4.69) is 32.2 Å². The summed E-state index contributed by atoms with van der Waals surface area (Å²) in [6.07, 6.45) is -13.4. The molecule has 2 aromatic heterocycles. The van der Waals surface area contributed by atoms with Gasteiger partial charge < -0.3 is 19.5 Å². The Morgan fingerprint density at radius 1 is 1.01 bits per heavy atom. The lowest BCUT2D eigenvalue weighted by Crippen LogP contribution is -2.37. The number of hydrogen-bond donors (Lipinski definition) is 4. The standard InChI is InChI=1S/C54H50ClF10N6O12PS2/c1-25-13-27(18-42(74)75)45(39(14-25)83-84(76,77)78)50(2,3)22-41(73)71(85(79)80)23-38-44-35(55)10-9-32(48(44)70(69-38)24-52(58,59)60)31-8-7-30(11-12-51(4,5)86(6,81)82)66-47(31)37(17-26-15-28(56)19-29(57)16-26)67-40(72)21-36-46-43(49(68-36)54(63,64)65)33-20-34(33)53(46,61)62/h7-10,13-16,19,33-34,36-37H,17-18,20-24H2,1-6H3,(H,67,72)(H,74,75)(H,79,80)(H2,76,77,78)/p-1/t33-,34+,36?,37?/m0/s1. The van der Waals surface area contributed by atoms with E-state index in [0.29, 0.717) is 10.7 Å². The summed E-state index contributed by atoms with van der Waals surface area (Å²) in [4.78, 5) is 68.3. The molecule has 32 heteroatoms. The highest BCUT2D eigenvalue weighted by molar-refractivity contribution is 7.92. The molecule has 0 radical (unpaired) electrons. The Morgan fingerprint density at radius 2 is 1.65 bits per heavy atom. The number of amides is 2. The number of phosphoric ester groups is 1. The van der Waals surface area contributed by atoms with Crippen LogP contribution < -0.4 is 9.84 Å². The molecule has 3 aromatic carbocycles. The molecular formula is C54H49ClF10N6O12PS2-. The number of phosphoric acid groups is 1. The number of hydrogen-bond acceptors (Lipinski definition) is 12. The fourth-order valence-corrected chi connectivity index (χ4v) is 12.2. The van der Waals surface area contributed by atoms with E-state index < -0.39 is 199 Å². The molecule has 18 nitrogen and oxygen atoms in total. The van der Waals surface area contributed by atoms with Gasteiger partial charge in [-0.05, 0) is 104 Å². The van der Waals surface area contributed by atoms with Crippen molar-refractivity contribution in [3.05, 3.63) is 122 Å². The van der Waals surface area contributed by atoms with Crippen LogP contribution in [0.5, 0.6) is 5.75 Å². The number of carbonyl (C=O) groups excluding carboxylic acids is 2. The molecule has 0 saturated heterocycles. The Labute approximate surface area is 490 Å². The second kappa shape index (κ2) is 23.1. The number of benzene rings is 3. The van der Waals surface area contributed by atoms with Gasteiger partial charge >= 0.3 is 26.1 Å². The molecule has 1 aliphatic heterocycles. The first kappa shape index (κ1) is 65.2. The number of carboxylic acid groups (broad SMARTS) is 1. The number of carboxylic acids is 1. The van der Waals surface area contributed by atoms with Crippen LogP contribution in [-0.2, 0) is 71.4 Å². The normalized spacial score (nSPS) is 18.4. The lowest BCUT2D eigenvalue weighted by Gasteiger charge is -2.32. The van der Waals surface area contributed by atoms with Gasteiger partial charge in [0.1, 0.15) is 40.1 Å². The fraction of sp³-hybridized carbons (Fsp3) is 0.407. The first-order chi connectivity index (χ1) is 39.5. The van der Waals surface area contributed by atoms with Crippen LogP contribution in [0.25, 0.3) is 22.0 Å². The van der Waals surface area contributed by atoms with Crippen LogP contribution in [0.1, 0.15) is 92.3 Å². The van der Waals surface area contributed by atoms with Gasteiger partial charge in [-0.15, -0.1) is 0 Å². The quantitative estimate of drug-likeness (QED) is 0.0260. The molecule has 3 unspecified atom stereocenters. The predicted octanol–water partition coefficient (Wildman–Crippen LogP) is 9.42. The van der Waals surface area contributed by atoms with Gasteiger partial charge in [0, 0.05) is 57.7 Å². The van der Waals surface area contributed by atoms with Crippen molar-refractivity contribution < 1.29 is 99.4 Å². The third-order valence-electron chi connectivity index (χ3n) is 14.6. The maximum atomic E-state index is 15.8. The van der Waals surface area contributed by atoms with E-state index in [-0.39, 0.29) is 49.8 Å². The summed E-state index contributed by atoms with van der Waals surface area (Å²) in [6.45, 7) is 3.26. The van der Waals surface area contributed by atoms with E-state index >= 15 is 8.78 Å². The summed E-state index contributed by atoms with van der Waals surface area (Å²) in [7, 11) is -9.35. The number of aliphatic imine (C=N–C) groups is 1. The van der Waals surface area contributed by atoms with Gasteiger partial charge in [0.25, 0.3) is 5.92 Å². The van der Waals surface area contributed by atoms with Crippen molar-refractivity contribution in [1.82, 2.24) is 24.4 Å². The van der Waals surface area contributed by atoms with Crippen LogP contribution in [0, 0.1) is 42.2 Å². The van der Waals surface area contributed by atoms with E-state index in [0.717, 1.165) is 48.7 Å². The number of rotatable bonds is 19. The highest BCUT2D eigenvalue weighted by Crippen LogP contribution is 2.66. The molecule has 1 fully saturated rings. The molecule has 3 aliphatic rings. The smallest absolute Gasteiger partial charge is 0.524 e. The maximum absolute atomic E-state index is 15.8. The van der Waals surface area contributed by atoms with Crippen LogP contribution >= 0.6 is 19.4 Å². The van der Waals surface area contributed by atoms with Crippen molar-refractivity contribution in [1.29, 1.82) is 0 Å². The number of aryl methyl sites for hydroxylation is 1. The SMILES string of the molecule is Cc1cc(CC(=O)O)c(C(C)(C)CC(=O)N(Cc2nn(CC(F)(F)F)c3c(-c4ccc(C#CC(C)(C)S(C)(=O)=O)nc4C(Cc4cc(F)cc(F)c4)NC(=O)CC4N=C(C(F)(F)F)C5=C4C(F)(F)[C@@H]4C[C@H]54)ccc(Cl)c23)S(=O)[O-])c(OP(=O)(O)O)c1. The molecule has 5 atom stereocenters. The molecule has 4 N–H and O–H groups in total. The third kappa shape index (κ3) is 14.0. The Bertz CT molecular complexity index is 3970. The van der Waals surface area contributed by atoms with Crippen molar-refractivity contribution in [2.45, 2.75) is 120 Å². The van der Waals surface area contributed by atoms with Gasteiger partial charge in [-0.1, -0.05) is 43.5 Å². The molecule has 2 aliphatic carbocycles. The van der Waals surface area contributed by atoms with Crippen molar-refractivity contribution >= 4 is 74.9 Å². The molecular weight excluding hydrogens is 1250 g/mol. The molecule has 0 bridgehead atoms. The number of alkyl halides is 8. The van der Waals surface area contributed by atoms with Crippen molar-refractivity contribution in [3.8, 4) is 28.7 Å². The molecule has 2 amide bonds. The number of aromatic nitrogens is 3. The number of allylic oxidation sites excluding steroid dienone is 1. The Kier molecular flexibility index (Phi) is 17.5. The molecule has 86 heavy (non-hydrogen) atoms. The van der Waals surface area contributed by atoms with Crippen molar-refractivity contribution in [2.75, 3.05) is 6.26 Å². The number of carbonyl (C=O) groups is 3. The first-order valence-corrected chi connectivity index (χ1v) is 30.3. The minimum atomic E-state index is -5.39. The number of sulfone groups is 1. The highest BCUT2D eigenvalue weighted by atomic mass is 35.5. The van der Waals surface area contributed by atoms with Gasteiger partial charge in [-0.2, -0.15) is 31.4 Å². The van der Waals surface area contributed by atoms with E-state index in [9.17, 15) is 86.1 Å². The zero-order chi connectivity index (χ0) is 63.9. The van der Waals surface area contributed by atoms with Crippen LogP contribution in [0.4, 0.5) is 43.9 Å². The zero-order valence-electron chi connectivity index (χ0n) is 45.6. The van der Waals surface area contributed by atoms with Crippen LogP contribution in [0.2, 0.25) is 5.02 Å². The molecule has 0 spiro atoms. The van der Waals surface area contributed by atoms with Gasteiger partial charge in [-0.3, -0.25) is 42.4 Å². The minimum Gasteiger partial charge on any atom is -0.755 e. The first-order valence-electron chi connectivity index (χ1n) is 25.5. The van der Waals surface area contributed by atoms with Crippen molar-refractivity contribution in [2.24, 2.45) is 16.8 Å². The number of aliphatic carboxylic acids is 1. The average molecular weight is 1290 g/mol. The number of nitrogens with zero attached hydrogens (tertiary/aromatic N) is 5. The van der Waals surface area contributed by atoms with Crippen molar-refractivity contribution in [3.63, 3.8) is 0 Å². The maximum Gasteiger partial charge on any atom is 0.524 e. The molecule has 3 heterocycles. The van der Waals surface area contributed by atoms with Crippen LogP contribution in [0.15, 0.2) is 70.7 Å². The summed E-state index contributed by atoms with van der Waals surface area (Å²) in [5.74, 6) is -8.36. The predicted molar refractivity (Wildman–Crippen MR) is 289 cm³/mol. The fourth-order valence-electron chi connectivity index (χ4n) is 10.8. The van der Waals surface area contributed by atoms with Crippen LogP contribution in [0.3, 0.4) is 0 Å². The molecule has 462 valence electrons. The minimum absolute atomic E-state index is 0.106. The van der Waals surface area contributed by atoms with Gasteiger partial charge in [0.15, 0.2) is 9.84 Å². The Hall–Kier alpha value is -6.74. The second-order valence-electron chi connectivity index (χ2n) is 22.1. The topological polar surface area (TPSA) is 271 Å². The molecule has 5 aromatic rings. The summed E-state index contributed by atoms with van der Waals surface area (Å²) in [5, 5.41) is 15.4. The Morgan fingerprint density at radius 3 is 2.23 bits per heavy atom. The van der Waals surface area contributed by atoms with E-state index in [1.807, 2.05) is 0 Å². The summed E-state index contributed by atoms with van der Waals surface area (Å²) in [5.41, 5.74) is -8.16. The summed E-state index contributed by atoms with van der Waals surface area (Å²) < 4.78 is 216. The second-order valence-corrected chi connectivity index (χ2v) is 27.1. The average Bonchev–Trinajstić information content (AvgIpc) is 1.52. The van der Waals surface area contributed by atoms with Gasteiger partial charge in [0.2, 0.25) is 11.8 Å². The zero-order valence-corrected chi connectivity index (χ0v) is 48.9. The largest absolute Gasteiger partial charge is 0.755 e. The Balaban J connectivity index is 1.29. The van der Waals surface area contributed by atoms with E-state index in [1.54, 1.807) is 0 Å². The summed E-state index contributed by atoms with van der Waals surface area (Å²) in [6, 6.07) is 5.10. The number of fused-ring (bicyclic) bond motifs is 3. The van der Waals surface area contributed by atoms with Gasteiger partial charge in [-0.25, -0.2) is 35.5 Å². The monoisotopic (exact) mass is 1290 g/mol. The number of nitrogens with one attached hydrogen (secondary N) is 1. The lowest BCUT2D eigenvalue weighted by atomic mass is 9.77. The lowest BCUT2D eigenvalue weighted by molar-refractivity contribution is -0.142. The summed E-state index contributed by atoms with van der Waals surface area (Å²) >= 11 is 3.13. The number of halogens is 11. The highest BCUT2D eigenvalue weighted by Gasteiger charge is 2.70. The van der Waals surface area contributed by atoms with Gasteiger partial charge in [0.05, 0.1) is 64.7 Å². The van der Waals surface area contributed by atoms with Crippen LogP contribution in [-0.4, -0.2) is 110 Å². The number of pyridine rings is 1. The molecule has 8 rings (SSSR count).